The fourth-order valence-electron chi connectivity index (χ4n) is 2.93. The zero-order chi connectivity index (χ0) is 19.7. The monoisotopic (exact) mass is 407 g/mol. The van der Waals surface area contributed by atoms with Crippen LogP contribution in [0.25, 0.3) is 10.2 Å². The van der Waals surface area contributed by atoms with E-state index in [4.69, 9.17) is 16.6 Å². The molecule has 0 radical (unpaired) electrons. The first-order valence-corrected chi connectivity index (χ1v) is 10.0. The molecule has 0 fully saturated rings. The molecule has 0 aliphatic rings. The Balaban J connectivity index is 1.78. The SMILES string of the molecule is Cc1cc2nc(N(Cc3cccnc3)C(=O)c3ccc(Cl)cc3)sc2cc1C. The maximum absolute atomic E-state index is 13.3. The molecule has 28 heavy (non-hydrogen) atoms. The topological polar surface area (TPSA) is 46.1 Å². The van der Waals surface area contributed by atoms with E-state index < -0.39 is 0 Å². The Bertz CT molecular complexity index is 1100. The Hall–Kier alpha value is -2.76. The number of carbonyl (C=O) groups is 1. The van der Waals surface area contributed by atoms with Gasteiger partial charge in [0.1, 0.15) is 0 Å². The fraction of sp³-hybridized carbons (Fsp3) is 0.136. The number of aromatic nitrogens is 2. The van der Waals surface area contributed by atoms with Crippen LogP contribution < -0.4 is 4.90 Å². The smallest absolute Gasteiger partial charge is 0.260 e. The lowest BCUT2D eigenvalue weighted by molar-refractivity contribution is 0.0985. The highest BCUT2D eigenvalue weighted by molar-refractivity contribution is 7.22. The van der Waals surface area contributed by atoms with Crippen molar-refractivity contribution >= 4 is 44.2 Å². The Morgan fingerprint density at radius 2 is 1.86 bits per heavy atom. The molecule has 0 unspecified atom stereocenters. The highest BCUT2D eigenvalue weighted by atomic mass is 35.5. The number of anilines is 1. The summed E-state index contributed by atoms with van der Waals surface area (Å²) in [6.07, 6.45) is 3.49. The van der Waals surface area contributed by atoms with E-state index in [2.05, 4.69) is 31.0 Å². The minimum atomic E-state index is -0.118. The molecule has 4 nitrogen and oxygen atoms in total. The maximum Gasteiger partial charge on any atom is 0.260 e. The minimum Gasteiger partial charge on any atom is -0.279 e. The summed E-state index contributed by atoms with van der Waals surface area (Å²) in [6.45, 7) is 4.55. The summed E-state index contributed by atoms with van der Waals surface area (Å²) in [7, 11) is 0. The Kier molecular flexibility index (Phi) is 5.11. The zero-order valence-corrected chi connectivity index (χ0v) is 17.1. The van der Waals surface area contributed by atoms with Gasteiger partial charge in [0.2, 0.25) is 0 Å². The number of hydrogen-bond acceptors (Lipinski definition) is 4. The molecule has 0 saturated heterocycles. The predicted molar refractivity (Wildman–Crippen MR) is 115 cm³/mol. The van der Waals surface area contributed by atoms with Gasteiger partial charge in [-0.1, -0.05) is 29.0 Å². The normalized spacial score (nSPS) is 11.0. The van der Waals surface area contributed by atoms with Crippen LogP contribution in [0, 0.1) is 13.8 Å². The van der Waals surface area contributed by atoms with Crippen molar-refractivity contribution < 1.29 is 4.79 Å². The van der Waals surface area contributed by atoms with Crippen molar-refractivity contribution in [2.45, 2.75) is 20.4 Å². The first-order valence-electron chi connectivity index (χ1n) is 8.85. The summed E-state index contributed by atoms with van der Waals surface area (Å²) >= 11 is 7.50. The van der Waals surface area contributed by atoms with E-state index in [1.807, 2.05) is 12.1 Å². The fourth-order valence-corrected chi connectivity index (χ4v) is 4.10. The second-order valence-electron chi connectivity index (χ2n) is 6.66. The number of aryl methyl sites for hydroxylation is 2. The number of fused-ring (bicyclic) bond motifs is 1. The minimum absolute atomic E-state index is 0.118. The summed E-state index contributed by atoms with van der Waals surface area (Å²) < 4.78 is 1.07. The van der Waals surface area contributed by atoms with Gasteiger partial charge in [-0.15, -0.1) is 0 Å². The van der Waals surface area contributed by atoms with Gasteiger partial charge in [0.25, 0.3) is 5.91 Å². The van der Waals surface area contributed by atoms with Crippen LogP contribution in [-0.4, -0.2) is 15.9 Å². The van der Waals surface area contributed by atoms with Gasteiger partial charge in [-0.25, -0.2) is 4.98 Å². The number of thiazole rings is 1. The van der Waals surface area contributed by atoms with E-state index in [0.29, 0.717) is 22.3 Å². The average Bonchev–Trinajstić information content (AvgIpc) is 3.09. The van der Waals surface area contributed by atoms with E-state index in [1.54, 1.807) is 41.6 Å². The van der Waals surface area contributed by atoms with Crippen molar-refractivity contribution in [3.63, 3.8) is 0 Å². The van der Waals surface area contributed by atoms with E-state index in [0.717, 1.165) is 15.8 Å². The van der Waals surface area contributed by atoms with Crippen LogP contribution in [0.4, 0.5) is 5.13 Å². The van der Waals surface area contributed by atoms with Crippen LogP contribution in [-0.2, 0) is 6.54 Å². The number of carbonyl (C=O) groups excluding carboxylic acids is 1. The van der Waals surface area contributed by atoms with E-state index in [1.165, 1.54) is 22.5 Å². The number of rotatable bonds is 4. The molecule has 0 aliphatic carbocycles. The molecule has 2 aromatic heterocycles. The molecule has 0 N–H and O–H groups in total. The van der Waals surface area contributed by atoms with Gasteiger partial charge < -0.3 is 0 Å². The van der Waals surface area contributed by atoms with Gasteiger partial charge >= 0.3 is 0 Å². The van der Waals surface area contributed by atoms with E-state index >= 15 is 0 Å². The molecule has 0 bridgehead atoms. The standard InChI is InChI=1S/C22H18ClN3OS/c1-14-10-19-20(11-15(14)2)28-22(25-19)26(13-16-4-3-9-24-12-16)21(27)17-5-7-18(23)8-6-17/h3-12H,13H2,1-2H3. The molecule has 2 aromatic carbocycles. The first-order chi connectivity index (χ1) is 13.5. The van der Waals surface area contributed by atoms with Crippen molar-refractivity contribution in [3.05, 3.63) is 88.2 Å². The second-order valence-corrected chi connectivity index (χ2v) is 8.11. The van der Waals surface area contributed by atoms with Crippen LogP contribution in [0.2, 0.25) is 5.02 Å². The van der Waals surface area contributed by atoms with Gasteiger partial charge in [0, 0.05) is 23.0 Å². The van der Waals surface area contributed by atoms with Crippen molar-refractivity contribution in [2.75, 3.05) is 4.90 Å². The number of hydrogen-bond donors (Lipinski definition) is 0. The van der Waals surface area contributed by atoms with Gasteiger partial charge in [0.15, 0.2) is 5.13 Å². The Labute approximate surface area is 172 Å². The van der Waals surface area contributed by atoms with Crippen LogP contribution >= 0.6 is 22.9 Å². The van der Waals surface area contributed by atoms with E-state index in [-0.39, 0.29) is 5.91 Å². The second kappa shape index (κ2) is 7.70. The number of benzene rings is 2. The van der Waals surface area contributed by atoms with Crippen molar-refractivity contribution in [1.82, 2.24) is 9.97 Å². The zero-order valence-electron chi connectivity index (χ0n) is 15.5. The molecular formula is C22H18ClN3OS. The third kappa shape index (κ3) is 3.77. The molecule has 0 aliphatic heterocycles. The van der Waals surface area contributed by atoms with Gasteiger partial charge in [-0.2, -0.15) is 0 Å². The molecule has 0 spiro atoms. The number of amides is 1. The lowest BCUT2D eigenvalue weighted by atomic mass is 10.1. The van der Waals surface area contributed by atoms with Crippen molar-refractivity contribution in [1.29, 1.82) is 0 Å². The van der Waals surface area contributed by atoms with Crippen molar-refractivity contribution in [3.8, 4) is 0 Å². The molecule has 0 atom stereocenters. The van der Waals surface area contributed by atoms with E-state index in [9.17, 15) is 4.79 Å². The quantitative estimate of drug-likeness (QED) is 0.429. The molecule has 4 aromatic rings. The third-order valence-electron chi connectivity index (χ3n) is 4.62. The third-order valence-corrected chi connectivity index (χ3v) is 5.92. The molecular weight excluding hydrogens is 390 g/mol. The average molecular weight is 408 g/mol. The lowest BCUT2D eigenvalue weighted by Crippen LogP contribution is -2.30. The number of nitrogens with zero attached hydrogens (tertiary/aromatic N) is 3. The highest BCUT2D eigenvalue weighted by Gasteiger charge is 2.22. The molecule has 1 amide bonds. The molecule has 6 heteroatoms. The first kappa shape index (κ1) is 18.6. The summed E-state index contributed by atoms with van der Waals surface area (Å²) in [5.41, 5.74) is 4.82. The predicted octanol–water partition coefficient (Wildman–Crippen LogP) is 5.81. The summed E-state index contributed by atoms with van der Waals surface area (Å²) in [4.78, 5) is 23.9. The maximum atomic E-state index is 13.3. The summed E-state index contributed by atoms with van der Waals surface area (Å²) in [5, 5.41) is 1.27. The van der Waals surface area contributed by atoms with Crippen molar-refractivity contribution in [2.24, 2.45) is 0 Å². The highest BCUT2D eigenvalue weighted by Crippen LogP contribution is 2.32. The number of halogens is 1. The molecule has 0 saturated carbocycles. The summed E-state index contributed by atoms with van der Waals surface area (Å²) in [5.74, 6) is -0.118. The largest absolute Gasteiger partial charge is 0.279 e. The molecule has 140 valence electrons. The van der Waals surface area contributed by atoms with Crippen LogP contribution in [0.3, 0.4) is 0 Å². The summed E-state index contributed by atoms with van der Waals surface area (Å²) in [6, 6.07) is 14.9. The van der Waals surface area contributed by atoms with Gasteiger partial charge in [-0.3, -0.25) is 14.7 Å². The molecule has 2 heterocycles. The van der Waals surface area contributed by atoms with Crippen LogP contribution in [0.1, 0.15) is 27.0 Å². The lowest BCUT2D eigenvalue weighted by Gasteiger charge is -2.20. The molecule has 4 rings (SSSR count). The van der Waals surface area contributed by atoms with Crippen LogP contribution in [0.5, 0.6) is 0 Å². The van der Waals surface area contributed by atoms with Gasteiger partial charge in [0.05, 0.1) is 16.8 Å². The number of pyridine rings is 1. The van der Waals surface area contributed by atoms with Gasteiger partial charge in [-0.05, 0) is 73.0 Å². The Morgan fingerprint density at radius 1 is 1.11 bits per heavy atom. The van der Waals surface area contributed by atoms with Crippen LogP contribution in [0.15, 0.2) is 60.9 Å². The Morgan fingerprint density at radius 3 is 2.57 bits per heavy atom.